The fourth-order valence-corrected chi connectivity index (χ4v) is 5.77. The Balaban J connectivity index is 1.88. The summed E-state index contributed by atoms with van der Waals surface area (Å²) in [6, 6.07) is 0.339. The number of fused-ring (bicyclic) bond motifs is 1. The quantitative estimate of drug-likeness (QED) is 0.861. The van der Waals surface area contributed by atoms with E-state index in [0.29, 0.717) is 29.9 Å². The van der Waals surface area contributed by atoms with E-state index in [9.17, 15) is 4.79 Å². The molecule has 2 saturated carbocycles. The Morgan fingerprint density at radius 3 is 2.76 bits per heavy atom. The van der Waals surface area contributed by atoms with Crippen molar-refractivity contribution in [3.8, 4) is 0 Å². The molecule has 3 fully saturated rings. The third kappa shape index (κ3) is 2.15. The lowest BCUT2D eigenvalue weighted by Crippen LogP contribution is -2.60. The average Bonchev–Trinajstić information content (AvgIpc) is 2.92. The van der Waals surface area contributed by atoms with Crippen LogP contribution < -0.4 is 5.32 Å². The summed E-state index contributed by atoms with van der Waals surface area (Å²) in [7, 11) is 0. The minimum absolute atomic E-state index is 0.232. The second-order valence-electron chi connectivity index (χ2n) is 8.12. The number of carbonyl (C=O) groups excluding carboxylic acids is 1. The van der Waals surface area contributed by atoms with E-state index in [4.69, 9.17) is 4.74 Å². The smallest absolute Gasteiger partial charge is 0.220 e. The van der Waals surface area contributed by atoms with Crippen LogP contribution in [0.1, 0.15) is 66.2 Å². The minimum Gasteiger partial charge on any atom is -0.378 e. The zero-order chi connectivity index (χ0) is 15.3. The number of rotatable bonds is 4. The number of ether oxygens (including phenoxy) is 1. The molecule has 2 aliphatic carbocycles. The molecule has 2 bridgehead atoms. The molecule has 1 saturated heterocycles. The fraction of sp³-hybridized carbons (Fsp3) is 0.944. The van der Waals surface area contributed by atoms with Gasteiger partial charge in [0.2, 0.25) is 5.91 Å². The van der Waals surface area contributed by atoms with Crippen LogP contribution in [0.5, 0.6) is 0 Å². The molecule has 5 atom stereocenters. The van der Waals surface area contributed by atoms with Crippen LogP contribution in [-0.2, 0) is 9.53 Å². The van der Waals surface area contributed by atoms with Gasteiger partial charge in [-0.3, -0.25) is 4.79 Å². The van der Waals surface area contributed by atoms with Crippen molar-refractivity contribution >= 4 is 5.91 Å². The van der Waals surface area contributed by atoms with E-state index in [1.54, 1.807) is 0 Å². The second kappa shape index (κ2) is 5.26. The molecule has 0 aromatic heterocycles. The van der Waals surface area contributed by atoms with Crippen molar-refractivity contribution in [1.82, 2.24) is 5.32 Å². The van der Waals surface area contributed by atoms with E-state index in [-0.39, 0.29) is 11.3 Å². The molecule has 0 aromatic carbocycles. The Kier molecular flexibility index (Phi) is 3.84. The minimum atomic E-state index is 0.232. The highest BCUT2D eigenvalue weighted by Gasteiger charge is 2.68. The summed E-state index contributed by atoms with van der Waals surface area (Å²) in [6.45, 7) is 9.93. The van der Waals surface area contributed by atoms with Crippen molar-refractivity contribution in [3.05, 3.63) is 0 Å². The third-order valence-corrected chi connectivity index (χ3v) is 6.81. The van der Waals surface area contributed by atoms with E-state index >= 15 is 0 Å². The number of hydrogen-bond acceptors (Lipinski definition) is 2. The van der Waals surface area contributed by atoms with Gasteiger partial charge in [-0.05, 0) is 54.8 Å². The van der Waals surface area contributed by atoms with Crippen LogP contribution in [0.15, 0.2) is 0 Å². The van der Waals surface area contributed by atoms with Gasteiger partial charge in [-0.15, -0.1) is 0 Å². The maximum atomic E-state index is 12.2. The van der Waals surface area contributed by atoms with Gasteiger partial charge in [-0.2, -0.15) is 0 Å². The van der Waals surface area contributed by atoms with Gasteiger partial charge < -0.3 is 10.1 Å². The number of amides is 1. The summed E-state index contributed by atoms with van der Waals surface area (Å²) in [5, 5.41) is 3.44. The first-order valence-electron chi connectivity index (χ1n) is 8.86. The largest absolute Gasteiger partial charge is 0.378 e. The lowest BCUT2D eigenvalue weighted by Gasteiger charge is -2.53. The molecule has 1 amide bonds. The molecule has 1 aliphatic heterocycles. The van der Waals surface area contributed by atoms with E-state index in [0.717, 1.165) is 31.8 Å². The van der Waals surface area contributed by atoms with Gasteiger partial charge in [0.05, 0.1) is 6.10 Å². The highest BCUT2D eigenvalue weighted by Crippen LogP contribution is 2.68. The molecule has 1 heterocycles. The monoisotopic (exact) mass is 293 g/mol. The molecule has 3 rings (SSSR count). The first-order valence-corrected chi connectivity index (χ1v) is 8.86. The molecule has 1 spiro atoms. The van der Waals surface area contributed by atoms with Crippen molar-refractivity contribution in [3.63, 3.8) is 0 Å². The highest BCUT2D eigenvalue weighted by atomic mass is 16.5. The summed E-state index contributed by atoms with van der Waals surface area (Å²) in [6.07, 6.45) is 6.82. The van der Waals surface area contributed by atoms with Crippen molar-refractivity contribution in [1.29, 1.82) is 0 Å². The lowest BCUT2D eigenvalue weighted by atomic mass is 9.59. The normalized spacial score (nSPS) is 43.6. The lowest BCUT2D eigenvalue weighted by molar-refractivity contribution is -0.136. The average molecular weight is 293 g/mol. The molecule has 0 aromatic rings. The van der Waals surface area contributed by atoms with Gasteiger partial charge in [0.15, 0.2) is 0 Å². The van der Waals surface area contributed by atoms with Crippen molar-refractivity contribution < 1.29 is 9.53 Å². The molecule has 120 valence electrons. The molecular formula is C18H31NO2. The molecule has 3 heteroatoms. The molecular weight excluding hydrogens is 262 g/mol. The molecule has 0 radical (unpaired) electrons. The van der Waals surface area contributed by atoms with Crippen LogP contribution in [0.2, 0.25) is 0 Å². The zero-order valence-corrected chi connectivity index (χ0v) is 14.1. The SMILES string of the molecule is CCCC(=O)N[C@H]1C(C)(C)[C@@H]2C[C@@H]3[C@@H](CC)OCC[C@@]31C2. The molecule has 3 aliphatic rings. The summed E-state index contributed by atoms with van der Waals surface area (Å²) in [5.74, 6) is 1.64. The van der Waals surface area contributed by atoms with Crippen LogP contribution in [0.4, 0.5) is 0 Å². The van der Waals surface area contributed by atoms with Gasteiger partial charge in [-0.25, -0.2) is 0 Å². The van der Waals surface area contributed by atoms with Crippen molar-refractivity contribution in [2.45, 2.75) is 78.4 Å². The Hall–Kier alpha value is -0.570. The van der Waals surface area contributed by atoms with Gasteiger partial charge in [0, 0.05) is 19.1 Å². The first-order chi connectivity index (χ1) is 9.95. The van der Waals surface area contributed by atoms with E-state index < -0.39 is 0 Å². The molecule has 21 heavy (non-hydrogen) atoms. The summed E-state index contributed by atoms with van der Waals surface area (Å²) in [4.78, 5) is 12.2. The summed E-state index contributed by atoms with van der Waals surface area (Å²) < 4.78 is 6.04. The number of carbonyl (C=O) groups is 1. The highest BCUT2D eigenvalue weighted by molar-refractivity contribution is 5.76. The Labute approximate surface area is 129 Å². The maximum absolute atomic E-state index is 12.2. The Bertz CT molecular complexity index is 419. The summed E-state index contributed by atoms with van der Waals surface area (Å²) >= 11 is 0. The topological polar surface area (TPSA) is 38.3 Å². The van der Waals surface area contributed by atoms with E-state index in [2.05, 4.69) is 33.0 Å². The van der Waals surface area contributed by atoms with Gasteiger partial charge in [0.1, 0.15) is 0 Å². The van der Waals surface area contributed by atoms with Gasteiger partial charge >= 0.3 is 0 Å². The number of nitrogens with one attached hydrogen (secondary N) is 1. The van der Waals surface area contributed by atoms with Crippen LogP contribution in [-0.4, -0.2) is 24.7 Å². The maximum Gasteiger partial charge on any atom is 0.220 e. The van der Waals surface area contributed by atoms with Crippen LogP contribution >= 0.6 is 0 Å². The predicted molar refractivity (Wildman–Crippen MR) is 83.9 cm³/mol. The van der Waals surface area contributed by atoms with Crippen LogP contribution in [0.25, 0.3) is 0 Å². The van der Waals surface area contributed by atoms with Gasteiger partial charge in [0.25, 0.3) is 0 Å². The van der Waals surface area contributed by atoms with Crippen molar-refractivity contribution in [2.75, 3.05) is 6.61 Å². The molecule has 3 nitrogen and oxygen atoms in total. The Morgan fingerprint density at radius 2 is 2.10 bits per heavy atom. The third-order valence-electron chi connectivity index (χ3n) is 6.81. The van der Waals surface area contributed by atoms with E-state index in [1.165, 1.54) is 12.8 Å². The number of hydrogen-bond donors (Lipinski definition) is 1. The van der Waals surface area contributed by atoms with Gasteiger partial charge in [-0.1, -0.05) is 27.7 Å². The van der Waals surface area contributed by atoms with E-state index in [1.807, 2.05) is 0 Å². The predicted octanol–water partition coefficient (Wildman–Crippen LogP) is 3.52. The summed E-state index contributed by atoms with van der Waals surface area (Å²) in [5.41, 5.74) is 0.534. The van der Waals surface area contributed by atoms with Crippen LogP contribution in [0.3, 0.4) is 0 Å². The molecule has 1 N–H and O–H groups in total. The second-order valence-corrected chi connectivity index (χ2v) is 8.12. The van der Waals surface area contributed by atoms with Crippen molar-refractivity contribution in [2.24, 2.45) is 22.7 Å². The Morgan fingerprint density at radius 1 is 1.33 bits per heavy atom. The standard InChI is InChI=1S/C18H31NO2/c1-5-7-15(20)19-16-17(3,4)12-10-13-14(6-2)21-9-8-18(13,16)11-12/h12-14,16H,5-11H2,1-4H3,(H,19,20)/t12-,13-,14-,16+,18-/m1/s1. The van der Waals surface area contributed by atoms with Crippen LogP contribution in [0, 0.1) is 22.7 Å². The molecule has 0 unspecified atom stereocenters. The fourth-order valence-electron chi connectivity index (χ4n) is 5.77. The zero-order valence-electron chi connectivity index (χ0n) is 14.1. The first kappa shape index (κ1) is 15.3.